The molecule has 2 aliphatic rings. The molecule has 22 heavy (non-hydrogen) atoms. The van der Waals surface area contributed by atoms with Gasteiger partial charge in [0.2, 0.25) is 0 Å². The van der Waals surface area contributed by atoms with Crippen molar-refractivity contribution in [3.63, 3.8) is 0 Å². The maximum absolute atomic E-state index is 12.5. The van der Waals surface area contributed by atoms with Gasteiger partial charge in [0.05, 0.1) is 0 Å². The van der Waals surface area contributed by atoms with E-state index in [-0.39, 0.29) is 28.5 Å². The van der Waals surface area contributed by atoms with E-state index in [9.17, 15) is 9.59 Å². The fourth-order valence-electron chi connectivity index (χ4n) is 3.89. The number of carbonyl (C=O) groups excluding carboxylic acids is 1. The van der Waals surface area contributed by atoms with Crippen LogP contribution >= 0.6 is 11.8 Å². The van der Waals surface area contributed by atoms with Gasteiger partial charge < -0.3 is 5.32 Å². The zero-order chi connectivity index (χ0) is 15.9. The number of hydrogen-bond donors (Lipinski definition) is 1. The molecular formula is C16H23N3O2S. The standard InChI is InChI=1S/C16H23N3O2S/c1-10-6-11(8-16(2,3)7-10)18-13(20)12-9-17-15-19(14(12)21)4-5-22-15/h9-11H,4-8H2,1-3H3,(H,18,20)/t10-,11-/m1/s1. The van der Waals surface area contributed by atoms with Crippen LogP contribution in [0.2, 0.25) is 0 Å². The molecule has 1 aliphatic carbocycles. The number of nitrogens with one attached hydrogen (secondary N) is 1. The molecule has 0 saturated heterocycles. The van der Waals surface area contributed by atoms with Crippen LogP contribution in [0.5, 0.6) is 0 Å². The maximum Gasteiger partial charge on any atom is 0.267 e. The Morgan fingerprint density at radius 1 is 1.45 bits per heavy atom. The van der Waals surface area contributed by atoms with E-state index in [0.29, 0.717) is 17.6 Å². The number of amides is 1. The van der Waals surface area contributed by atoms with Gasteiger partial charge in [-0.15, -0.1) is 0 Å². The predicted molar refractivity (Wildman–Crippen MR) is 87.3 cm³/mol. The van der Waals surface area contributed by atoms with Gasteiger partial charge in [0.15, 0.2) is 5.16 Å². The molecule has 120 valence electrons. The first-order valence-corrected chi connectivity index (χ1v) is 8.88. The average Bonchev–Trinajstić information content (AvgIpc) is 2.85. The molecule has 5 nitrogen and oxygen atoms in total. The summed E-state index contributed by atoms with van der Waals surface area (Å²) in [6, 6.07) is 0.137. The van der Waals surface area contributed by atoms with Gasteiger partial charge in [-0.2, -0.15) is 0 Å². The molecule has 1 fully saturated rings. The first-order valence-electron chi connectivity index (χ1n) is 7.89. The molecule has 6 heteroatoms. The summed E-state index contributed by atoms with van der Waals surface area (Å²) in [7, 11) is 0. The molecule has 0 bridgehead atoms. The van der Waals surface area contributed by atoms with Crippen LogP contribution in [0.4, 0.5) is 0 Å². The van der Waals surface area contributed by atoms with E-state index in [1.54, 1.807) is 16.3 Å². The van der Waals surface area contributed by atoms with Crippen molar-refractivity contribution in [2.24, 2.45) is 11.3 Å². The van der Waals surface area contributed by atoms with Gasteiger partial charge in [-0.25, -0.2) is 4.98 Å². The van der Waals surface area contributed by atoms with Crippen molar-refractivity contribution in [2.45, 2.75) is 57.8 Å². The Morgan fingerprint density at radius 2 is 2.23 bits per heavy atom. The number of hydrogen-bond acceptors (Lipinski definition) is 4. The lowest BCUT2D eigenvalue weighted by Gasteiger charge is -2.39. The number of rotatable bonds is 2. The smallest absolute Gasteiger partial charge is 0.267 e. The van der Waals surface area contributed by atoms with Crippen LogP contribution in [0.1, 0.15) is 50.4 Å². The Morgan fingerprint density at radius 3 is 2.95 bits per heavy atom. The first kappa shape index (κ1) is 15.6. The molecule has 1 N–H and O–H groups in total. The summed E-state index contributed by atoms with van der Waals surface area (Å²) < 4.78 is 1.60. The SMILES string of the molecule is C[C@@H]1C[C@@H](NC(=O)c2cnc3n(c2=O)CCS3)CC(C)(C)C1. The first-order chi connectivity index (χ1) is 10.4. The Labute approximate surface area is 134 Å². The van der Waals surface area contributed by atoms with E-state index in [1.165, 1.54) is 12.6 Å². The minimum atomic E-state index is -0.278. The molecule has 0 spiro atoms. The second-order valence-corrected chi connectivity index (χ2v) is 8.41. The van der Waals surface area contributed by atoms with Crippen molar-refractivity contribution in [1.29, 1.82) is 0 Å². The molecule has 1 aromatic rings. The lowest BCUT2D eigenvalue weighted by molar-refractivity contribution is 0.0871. The summed E-state index contributed by atoms with van der Waals surface area (Å²) in [6.45, 7) is 7.35. The molecule has 0 unspecified atom stereocenters. The van der Waals surface area contributed by atoms with Crippen molar-refractivity contribution in [3.8, 4) is 0 Å². The van der Waals surface area contributed by atoms with E-state index in [0.717, 1.165) is 18.6 Å². The minimum Gasteiger partial charge on any atom is -0.349 e. The van der Waals surface area contributed by atoms with Crippen LogP contribution in [-0.4, -0.2) is 27.3 Å². The molecule has 1 amide bonds. The quantitative estimate of drug-likeness (QED) is 0.849. The molecule has 0 aromatic carbocycles. The highest BCUT2D eigenvalue weighted by atomic mass is 32.2. The number of thioether (sulfide) groups is 1. The molecular weight excluding hydrogens is 298 g/mol. The van der Waals surface area contributed by atoms with Crippen molar-refractivity contribution >= 4 is 17.7 Å². The van der Waals surface area contributed by atoms with E-state index in [1.807, 2.05) is 0 Å². The zero-order valence-electron chi connectivity index (χ0n) is 13.4. The van der Waals surface area contributed by atoms with Crippen LogP contribution in [0.3, 0.4) is 0 Å². The van der Waals surface area contributed by atoms with Gasteiger partial charge in [0.1, 0.15) is 5.56 Å². The van der Waals surface area contributed by atoms with Crippen molar-refractivity contribution in [2.75, 3.05) is 5.75 Å². The van der Waals surface area contributed by atoms with E-state index in [2.05, 4.69) is 31.1 Å². The summed E-state index contributed by atoms with van der Waals surface area (Å²) in [5.41, 5.74) is 0.190. The van der Waals surface area contributed by atoms with E-state index in [4.69, 9.17) is 0 Å². The third-order valence-corrected chi connectivity index (χ3v) is 5.49. The van der Waals surface area contributed by atoms with Crippen molar-refractivity contribution in [3.05, 3.63) is 22.1 Å². The highest BCUT2D eigenvalue weighted by Crippen LogP contribution is 2.38. The van der Waals surface area contributed by atoms with Crippen LogP contribution in [0, 0.1) is 11.3 Å². The van der Waals surface area contributed by atoms with Gasteiger partial charge >= 0.3 is 0 Å². The fourth-order valence-corrected chi connectivity index (χ4v) is 4.81. The van der Waals surface area contributed by atoms with E-state index < -0.39 is 0 Å². The van der Waals surface area contributed by atoms with Crippen molar-refractivity contribution in [1.82, 2.24) is 14.9 Å². The van der Waals surface area contributed by atoms with Crippen LogP contribution in [-0.2, 0) is 6.54 Å². The fraction of sp³-hybridized carbons (Fsp3) is 0.688. The monoisotopic (exact) mass is 321 g/mol. The van der Waals surface area contributed by atoms with Gasteiger partial charge in [0, 0.05) is 24.5 Å². The third kappa shape index (κ3) is 3.07. The summed E-state index contributed by atoms with van der Waals surface area (Å²) >= 11 is 1.56. The zero-order valence-corrected chi connectivity index (χ0v) is 14.2. The maximum atomic E-state index is 12.5. The number of nitrogens with zero attached hydrogens (tertiary/aromatic N) is 2. The van der Waals surface area contributed by atoms with Crippen LogP contribution < -0.4 is 10.9 Å². The topological polar surface area (TPSA) is 64.0 Å². The number of carbonyl (C=O) groups is 1. The average molecular weight is 321 g/mol. The largest absolute Gasteiger partial charge is 0.349 e. The van der Waals surface area contributed by atoms with Gasteiger partial charge in [-0.1, -0.05) is 32.5 Å². The Balaban J connectivity index is 1.77. The van der Waals surface area contributed by atoms with Crippen LogP contribution in [0.25, 0.3) is 0 Å². The normalized spacial score (nSPS) is 26.5. The van der Waals surface area contributed by atoms with Crippen molar-refractivity contribution < 1.29 is 4.79 Å². The van der Waals surface area contributed by atoms with Gasteiger partial charge in [-0.3, -0.25) is 14.2 Å². The molecule has 1 aromatic heterocycles. The minimum absolute atomic E-state index is 0.137. The Kier molecular flexibility index (Phi) is 4.05. The Hall–Kier alpha value is -1.30. The summed E-state index contributed by atoms with van der Waals surface area (Å²) in [5.74, 6) is 1.16. The summed E-state index contributed by atoms with van der Waals surface area (Å²) in [6.07, 6.45) is 4.54. The van der Waals surface area contributed by atoms with Gasteiger partial charge in [-0.05, 0) is 30.6 Å². The summed E-state index contributed by atoms with van der Waals surface area (Å²) in [4.78, 5) is 29.1. The molecule has 3 rings (SSSR count). The lowest BCUT2D eigenvalue weighted by Crippen LogP contribution is -2.44. The van der Waals surface area contributed by atoms with Crippen LogP contribution in [0.15, 0.2) is 16.1 Å². The molecule has 2 atom stereocenters. The molecule has 1 aliphatic heterocycles. The second kappa shape index (κ2) is 5.72. The van der Waals surface area contributed by atoms with E-state index >= 15 is 0 Å². The second-order valence-electron chi connectivity index (χ2n) is 7.34. The number of aromatic nitrogens is 2. The number of fused-ring (bicyclic) bond motifs is 1. The summed E-state index contributed by atoms with van der Waals surface area (Å²) in [5, 5.41) is 3.77. The highest BCUT2D eigenvalue weighted by Gasteiger charge is 2.33. The highest BCUT2D eigenvalue weighted by molar-refractivity contribution is 7.99. The lowest BCUT2D eigenvalue weighted by atomic mass is 9.70. The molecule has 2 heterocycles. The molecule has 0 radical (unpaired) electrons. The van der Waals surface area contributed by atoms with Gasteiger partial charge in [0.25, 0.3) is 11.5 Å². The third-order valence-electron chi connectivity index (χ3n) is 4.52. The Bertz CT molecular complexity index is 653. The molecule has 1 saturated carbocycles. The predicted octanol–water partition coefficient (Wildman–Crippen LogP) is 2.29.